The molecule has 1 aliphatic rings. The topological polar surface area (TPSA) is 102 Å². The Labute approximate surface area is 131 Å². The Morgan fingerprint density at radius 3 is 2.77 bits per heavy atom. The van der Waals surface area contributed by atoms with Crippen molar-refractivity contribution in [2.45, 2.75) is 45.2 Å². The fourth-order valence-corrected chi connectivity index (χ4v) is 2.60. The Balaban J connectivity index is 2.55. The Bertz CT molecular complexity index is 387. The summed E-state index contributed by atoms with van der Waals surface area (Å²) in [6, 6.07) is -1.01. The molecule has 3 N–H and O–H groups in total. The largest absolute Gasteiger partial charge is 0.370 e. The molecular formula is C15H27N3O4. The molecule has 2 amide bonds. The summed E-state index contributed by atoms with van der Waals surface area (Å²) in [6.07, 6.45) is 2.73. The number of nitrogens with zero attached hydrogens (tertiary/aromatic N) is 1. The number of hydrogen-bond donors (Lipinski definition) is 2. The van der Waals surface area contributed by atoms with E-state index in [1.807, 2.05) is 13.8 Å². The molecule has 0 aromatic rings. The van der Waals surface area contributed by atoms with Gasteiger partial charge in [-0.1, -0.05) is 13.8 Å². The van der Waals surface area contributed by atoms with Crippen molar-refractivity contribution in [1.82, 2.24) is 10.2 Å². The average molecular weight is 313 g/mol. The van der Waals surface area contributed by atoms with Gasteiger partial charge in [0.05, 0.1) is 12.6 Å². The molecule has 0 aromatic heterocycles. The lowest BCUT2D eigenvalue weighted by Gasteiger charge is -2.25. The van der Waals surface area contributed by atoms with Crippen molar-refractivity contribution in [3.63, 3.8) is 0 Å². The van der Waals surface area contributed by atoms with Gasteiger partial charge in [0.1, 0.15) is 18.9 Å². The van der Waals surface area contributed by atoms with Gasteiger partial charge in [0, 0.05) is 13.1 Å². The number of carbonyl (C=O) groups excluding carboxylic acids is 3. The van der Waals surface area contributed by atoms with Gasteiger partial charge in [0.15, 0.2) is 0 Å². The van der Waals surface area contributed by atoms with Crippen molar-refractivity contribution in [2.75, 3.05) is 26.3 Å². The second kappa shape index (κ2) is 9.53. The van der Waals surface area contributed by atoms with Gasteiger partial charge < -0.3 is 25.5 Å². The summed E-state index contributed by atoms with van der Waals surface area (Å²) in [6.45, 7) is 5.13. The molecule has 0 radical (unpaired) electrons. The van der Waals surface area contributed by atoms with Crippen LogP contribution in [0, 0.1) is 5.92 Å². The molecular weight excluding hydrogens is 286 g/mol. The van der Waals surface area contributed by atoms with Crippen LogP contribution in [-0.2, 0) is 19.1 Å². The van der Waals surface area contributed by atoms with Gasteiger partial charge in [-0.05, 0) is 25.2 Å². The maximum absolute atomic E-state index is 12.3. The minimum atomic E-state index is -0.511. The number of amides is 2. The van der Waals surface area contributed by atoms with Crippen LogP contribution in [0.15, 0.2) is 0 Å². The van der Waals surface area contributed by atoms with E-state index < -0.39 is 12.1 Å². The Hall–Kier alpha value is -1.47. The van der Waals surface area contributed by atoms with Crippen LogP contribution < -0.4 is 11.1 Å². The smallest absolute Gasteiger partial charge is 0.249 e. The van der Waals surface area contributed by atoms with Crippen molar-refractivity contribution in [3.05, 3.63) is 0 Å². The lowest BCUT2D eigenvalue weighted by molar-refractivity contribution is -0.142. The van der Waals surface area contributed by atoms with Gasteiger partial charge in [-0.15, -0.1) is 0 Å². The quantitative estimate of drug-likeness (QED) is 0.449. The molecule has 7 heteroatoms. The molecule has 0 unspecified atom stereocenters. The van der Waals surface area contributed by atoms with Crippen LogP contribution in [0.2, 0.25) is 0 Å². The highest BCUT2D eigenvalue weighted by molar-refractivity contribution is 5.90. The van der Waals surface area contributed by atoms with E-state index in [2.05, 4.69) is 5.32 Å². The summed E-state index contributed by atoms with van der Waals surface area (Å²) in [4.78, 5) is 37.0. The SMILES string of the molecule is CC(C)C[C@@H](C=O)NC(=O)[C@@H]1CCCN1C(=O)COCCN. The molecule has 126 valence electrons. The second-order valence-electron chi connectivity index (χ2n) is 5.97. The third-order valence-electron chi connectivity index (χ3n) is 3.58. The number of likely N-dealkylation sites (tertiary alicyclic amines) is 1. The minimum Gasteiger partial charge on any atom is -0.370 e. The van der Waals surface area contributed by atoms with Crippen LogP contribution in [0.4, 0.5) is 0 Å². The molecule has 1 fully saturated rings. The standard InChI is InChI=1S/C15H27N3O4/c1-11(2)8-12(9-19)17-15(21)13-4-3-6-18(13)14(20)10-22-7-5-16/h9,11-13H,3-8,10,16H2,1-2H3,(H,17,21)/t12-,13-/m0/s1. The molecule has 1 aliphatic heterocycles. The number of carbonyl (C=O) groups is 3. The van der Waals surface area contributed by atoms with E-state index in [1.54, 1.807) is 0 Å². The number of rotatable bonds is 9. The third-order valence-corrected chi connectivity index (χ3v) is 3.58. The van der Waals surface area contributed by atoms with E-state index in [0.29, 0.717) is 38.5 Å². The van der Waals surface area contributed by atoms with E-state index in [4.69, 9.17) is 10.5 Å². The number of hydrogen-bond acceptors (Lipinski definition) is 5. The zero-order valence-electron chi connectivity index (χ0n) is 13.4. The van der Waals surface area contributed by atoms with Crippen molar-refractivity contribution in [2.24, 2.45) is 11.7 Å². The van der Waals surface area contributed by atoms with Crippen LogP contribution in [0.3, 0.4) is 0 Å². The molecule has 0 aliphatic carbocycles. The first-order valence-corrected chi connectivity index (χ1v) is 7.82. The lowest BCUT2D eigenvalue weighted by atomic mass is 10.0. The van der Waals surface area contributed by atoms with Gasteiger partial charge in [-0.25, -0.2) is 0 Å². The normalized spacial score (nSPS) is 19.3. The molecule has 0 aromatic carbocycles. The average Bonchev–Trinajstić information content (AvgIpc) is 2.95. The van der Waals surface area contributed by atoms with Crippen LogP contribution in [0.25, 0.3) is 0 Å². The van der Waals surface area contributed by atoms with Crippen LogP contribution >= 0.6 is 0 Å². The molecule has 22 heavy (non-hydrogen) atoms. The van der Waals surface area contributed by atoms with Crippen LogP contribution in [-0.4, -0.2) is 61.4 Å². The molecule has 1 saturated heterocycles. The summed E-state index contributed by atoms with van der Waals surface area (Å²) in [5, 5.41) is 2.73. The monoisotopic (exact) mass is 313 g/mol. The number of nitrogens with one attached hydrogen (secondary N) is 1. The molecule has 1 rings (SSSR count). The van der Waals surface area contributed by atoms with E-state index in [9.17, 15) is 14.4 Å². The van der Waals surface area contributed by atoms with Gasteiger partial charge in [0.2, 0.25) is 11.8 Å². The maximum Gasteiger partial charge on any atom is 0.249 e. The van der Waals surface area contributed by atoms with E-state index in [-0.39, 0.29) is 18.4 Å². The lowest BCUT2D eigenvalue weighted by Crippen LogP contribution is -2.50. The molecule has 0 spiro atoms. The van der Waals surface area contributed by atoms with Crippen molar-refractivity contribution in [3.8, 4) is 0 Å². The van der Waals surface area contributed by atoms with Gasteiger partial charge in [0.25, 0.3) is 0 Å². The summed E-state index contributed by atoms with van der Waals surface area (Å²) >= 11 is 0. The first kappa shape index (κ1) is 18.6. The fraction of sp³-hybridized carbons (Fsp3) is 0.800. The highest BCUT2D eigenvalue weighted by atomic mass is 16.5. The maximum atomic E-state index is 12.3. The molecule has 0 saturated carbocycles. The van der Waals surface area contributed by atoms with E-state index in [1.165, 1.54) is 4.90 Å². The van der Waals surface area contributed by atoms with Crippen molar-refractivity contribution >= 4 is 18.1 Å². The Kier molecular flexibility index (Phi) is 8.05. The molecule has 0 bridgehead atoms. The fourth-order valence-electron chi connectivity index (χ4n) is 2.60. The van der Waals surface area contributed by atoms with E-state index in [0.717, 1.165) is 12.7 Å². The van der Waals surface area contributed by atoms with Crippen molar-refractivity contribution in [1.29, 1.82) is 0 Å². The zero-order valence-corrected chi connectivity index (χ0v) is 13.4. The van der Waals surface area contributed by atoms with Gasteiger partial charge in [-0.2, -0.15) is 0 Å². The first-order chi connectivity index (χ1) is 10.5. The summed E-state index contributed by atoms with van der Waals surface area (Å²) in [7, 11) is 0. The predicted molar refractivity (Wildman–Crippen MR) is 82.1 cm³/mol. The van der Waals surface area contributed by atoms with E-state index >= 15 is 0 Å². The molecule has 1 heterocycles. The van der Waals surface area contributed by atoms with Gasteiger partial charge in [-0.3, -0.25) is 9.59 Å². The number of aldehydes is 1. The first-order valence-electron chi connectivity index (χ1n) is 7.82. The summed E-state index contributed by atoms with van der Waals surface area (Å²) in [5.41, 5.74) is 5.31. The Morgan fingerprint density at radius 1 is 1.45 bits per heavy atom. The Morgan fingerprint density at radius 2 is 2.18 bits per heavy atom. The molecule has 2 atom stereocenters. The molecule has 7 nitrogen and oxygen atoms in total. The minimum absolute atomic E-state index is 0.0654. The van der Waals surface area contributed by atoms with Crippen LogP contribution in [0.1, 0.15) is 33.1 Å². The van der Waals surface area contributed by atoms with Crippen molar-refractivity contribution < 1.29 is 19.1 Å². The second-order valence-corrected chi connectivity index (χ2v) is 5.97. The number of nitrogens with two attached hydrogens (primary N) is 1. The van der Waals surface area contributed by atoms with Gasteiger partial charge >= 0.3 is 0 Å². The highest BCUT2D eigenvalue weighted by Crippen LogP contribution is 2.18. The zero-order chi connectivity index (χ0) is 16.5. The third kappa shape index (κ3) is 5.73. The summed E-state index contributed by atoms with van der Waals surface area (Å²) in [5.74, 6) is -0.165. The number of ether oxygens (including phenoxy) is 1. The highest BCUT2D eigenvalue weighted by Gasteiger charge is 2.34. The predicted octanol–water partition coefficient (Wildman–Crippen LogP) is -0.317. The van der Waals surface area contributed by atoms with Crippen LogP contribution in [0.5, 0.6) is 0 Å². The summed E-state index contributed by atoms with van der Waals surface area (Å²) < 4.78 is 5.14.